The van der Waals surface area contributed by atoms with E-state index in [9.17, 15) is 9.00 Å². The summed E-state index contributed by atoms with van der Waals surface area (Å²) in [6.07, 6.45) is 2.30. The quantitative estimate of drug-likeness (QED) is 0.635. The molecular formula is C23H24ClFN6O2S. The molecule has 2 aromatic rings. The standard InChI is InChI=1S/C23H24ClFN6O2S/c1-22(2)21(27)31-23(3,18-5-4-8-29-34(18,22)33)20-16(25)7-6-14(30-20)10-17(32)19-15(24)9-13(11-26)12-28-19/h6-7,9,12,18H,4-5,8,10H2,1-3H3,(H2,27,31)/t18-,23+,34+/m1/s1. The van der Waals surface area contributed by atoms with Gasteiger partial charge in [-0.1, -0.05) is 11.6 Å². The van der Waals surface area contributed by atoms with Gasteiger partial charge in [0.15, 0.2) is 5.78 Å². The van der Waals surface area contributed by atoms with Gasteiger partial charge in [-0.25, -0.2) is 13.0 Å². The summed E-state index contributed by atoms with van der Waals surface area (Å²) in [5.41, 5.74) is 5.44. The van der Waals surface area contributed by atoms with E-state index in [1.165, 1.54) is 24.4 Å². The molecule has 2 aromatic heterocycles. The summed E-state index contributed by atoms with van der Waals surface area (Å²) in [6.45, 7) is 5.63. The first-order valence-electron chi connectivity index (χ1n) is 10.8. The lowest BCUT2D eigenvalue weighted by Crippen LogP contribution is -2.60. The highest BCUT2D eigenvalue weighted by Gasteiger charge is 2.56. The van der Waals surface area contributed by atoms with Crippen LogP contribution < -0.4 is 5.73 Å². The van der Waals surface area contributed by atoms with Gasteiger partial charge >= 0.3 is 0 Å². The van der Waals surface area contributed by atoms with Gasteiger partial charge in [-0.2, -0.15) is 5.26 Å². The molecule has 0 saturated carbocycles. The fourth-order valence-electron chi connectivity index (χ4n) is 4.54. The van der Waals surface area contributed by atoms with E-state index in [0.29, 0.717) is 19.4 Å². The molecule has 34 heavy (non-hydrogen) atoms. The second-order valence-corrected chi connectivity index (χ2v) is 12.5. The summed E-state index contributed by atoms with van der Waals surface area (Å²) in [7, 11) is -2.88. The van der Waals surface area contributed by atoms with Crippen LogP contribution in [0.1, 0.15) is 61.1 Å². The minimum atomic E-state index is -2.88. The van der Waals surface area contributed by atoms with Gasteiger partial charge in [-0.3, -0.25) is 19.8 Å². The molecule has 2 N–H and O–H groups in total. The first-order valence-corrected chi connectivity index (χ1v) is 12.7. The van der Waals surface area contributed by atoms with Crippen LogP contribution in [0.5, 0.6) is 0 Å². The van der Waals surface area contributed by atoms with Crippen molar-refractivity contribution >= 4 is 32.9 Å². The van der Waals surface area contributed by atoms with Gasteiger partial charge in [-0.05, 0) is 51.8 Å². The number of halogens is 2. The van der Waals surface area contributed by atoms with Gasteiger partial charge in [0.2, 0.25) is 0 Å². The van der Waals surface area contributed by atoms with E-state index < -0.39 is 36.9 Å². The molecule has 0 spiro atoms. The second-order valence-electron chi connectivity index (χ2n) is 9.11. The molecule has 0 radical (unpaired) electrons. The first kappa shape index (κ1) is 24.2. The Morgan fingerprint density at radius 1 is 1.38 bits per heavy atom. The van der Waals surface area contributed by atoms with Gasteiger partial charge in [-0.15, -0.1) is 0 Å². The van der Waals surface area contributed by atoms with Crippen LogP contribution in [-0.2, 0) is 21.7 Å². The highest BCUT2D eigenvalue weighted by Crippen LogP contribution is 2.46. The summed E-state index contributed by atoms with van der Waals surface area (Å²) in [5, 5.41) is 8.42. The number of Topliss-reactive ketones (excluding diaryl/α,β-unsaturated/α-hetero) is 1. The number of pyridine rings is 2. The normalized spacial score (nSPS) is 27.6. The number of aliphatic imine (C=N–C) groups is 1. The smallest absolute Gasteiger partial charge is 0.188 e. The van der Waals surface area contributed by atoms with Gasteiger partial charge < -0.3 is 5.73 Å². The highest BCUT2D eigenvalue weighted by atomic mass is 35.5. The zero-order chi connectivity index (χ0) is 24.9. The Morgan fingerprint density at radius 3 is 2.79 bits per heavy atom. The molecule has 8 nitrogen and oxygen atoms in total. The summed E-state index contributed by atoms with van der Waals surface area (Å²) >= 11 is 6.12. The van der Waals surface area contributed by atoms with E-state index in [1.54, 1.807) is 20.8 Å². The molecule has 3 atom stereocenters. The minimum absolute atomic E-state index is 0.00432. The van der Waals surface area contributed by atoms with E-state index >= 15 is 4.39 Å². The molecule has 0 aromatic carbocycles. The Hall–Kier alpha value is -2.90. The summed E-state index contributed by atoms with van der Waals surface area (Å²) in [6, 6.07) is 5.89. The Bertz CT molecular complexity index is 1390. The molecule has 0 saturated heterocycles. The Balaban J connectivity index is 1.77. The van der Waals surface area contributed by atoms with Gasteiger partial charge in [0.05, 0.1) is 32.0 Å². The van der Waals surface area contributed by atoms with Crippen LogP contribution in [0.2, 0.25) is 5.02 Å². The lowest BCUT2D eigenvalue weighted by Gasteiger charge is -2.47. The molecule has 2 aliphatic heterocycles. The van der Waals surface area contributed by atoms with E-state index in [4.69, 9.17) is 22.6 Å². The topological polar surface area (TPSA) is 134 Å². The molecule has 0 unspecified atom stereocenters. The fraction of sp³-hybridized carbons (Fsp3) is 0.435. The predicted octanol–water partition coefficient (Wildman–Crippen LogP) is 3.56. The zero-order valence-electron chi connectivity index (χ0n) is 19.0. The number of nitrogens with zero attached hydrogens (tertiary/aromatic N) is 5. The van der Waals surface area contributed by atoms with Gasteiger partial charge in [0.1, 0.15) is 39.4 Å². The van der Waals surface area contributed by atoms with Crippen LogP contribution in [0.25, 0.3) is 0 Å². The SMILES string of the molecule is CC1(C)C(N)=N[C@](C)(c2nc(CC(=O)c3ncc(C#N)cc3Cl)ccc2F)[C@H]2CCCN=[S@]21=O. The Labute approximate surface area is 202 Å². The molecule has 4 heterocycles. The maximum Gasteiger partial charge on any atom is 0.188 e. The predicted molar refractivity (Wildman–Crippen MR) is 128 cm³/mol. The molecule has 2 aliphatic rings. The number of hydrogen-bond acceptors (Lipinski definition) is 8. The van der Waals surface area contributed by atoms with Crippen molar-refractivity contribution in [3.05, 3.63) is 57.9 Å². The molecule has 0 amide bonds. The number of amidine groups is 1. The number of ketones is 1. The van der Waals surface area contributed by atoms with Gasteiger partial charge in [0, 0.05) is 18.4 Å². The van der Waals surface area contributed by atoms with Crippen LogP contribution in [-0.4, -0.2) is 42.3 Å². The lowest BCUT2D eigenvalue weighted by molar-refractivity contribution is 0.0987. The monoisotopic (exact) mass is 502 g/mol. The molecule has 4 rings (SSSR count). The molecular weight excluding hydrogens is 479 g/mol. The van der Waals surface area contributed by atoms with Crippen molar-refractivity contribution in [1.82, 2.24) is 9.97 Å². The average molecular weight is 503 g/mol. The summed E-state index contributed by atoms with van der Waals surface area (Å²) in [5.74, 6) is -0.927. The molecule has 11 heteroatoms. The zero-order valence-corrected chi connectivity index (χ0v) is 20.6. The summed E-state index contributed by atoms with van der Waals surface area (Å²) < 4.78 is 32.8. The van der Waals surface area contributed by atoms with Crippen molar-refractivity contribution < 1.29 is 13.4 Å². The van der Waals surface area contributed by atoms with Crippen LogP contribution in [0.3, 0.4) is 0 Å². The number of nitrogens with two attached hydrogens (primary N) is 1. The van der Waals surface area contributed by atoms with E-state index in [1.807, 2.05) is 6.07 Å². The Kier molecular flexibility index (Phi) is 5.98. The van der Waals surface area contributed by atoms with Crippen LogP contribution in [0.4, 0.5) is 4.39 Å². The number of aromatic nitrogens is 2. The van der Waals surface area contributed by atoms with Crippen molar-refractivity contribution in [3.63, 3.8) is 0 Å². The van der Waals surface area contributed by atoms with Crippen LogP contribution >= 0.6 is 11.6 Å². The number of fused-ring (bicyclic) bond motifs is 1. The maximum absolute atomic E-state index is 15.2. The Morgan fingerprint density at radius 2 is 2.12 bits per heavy atom. The summed E-state index contributed by atoms with van der Waals surface area (Å²) in [4.78, 5) is 25.9. The van der Waals surface area contributed by atoms with Gasteiger partial charge in [0.25, 0.3) is 0 Å². The fourth-order valence-corrected chi connectivity index (χ4v) is 8.04. The van der Waals surface area contributed by atoms with E-state index in [0.717, 1.165) is 0 Å². The van der Waals surface area contributed by atoms with Crippen LogP contribution in [0.15, 0.2) is 33.8 Å². The average Bonchev–Trinajstić information content (AvgIpc) is 2.79. The second kappa shape index (κ2) is 8.40. The van der Waals surface area contributed by atoms with Crippen molar-refractivity contribution in [1.29, 1.82) is 5.26 Å². The number of nitriles is 1. The third kappa shape index (κ3) is 3.67. The van der Waals surface area contributed by atoms with Crippen molar-refractivity contribution in [2.24, 2.45) is 15.1 Å². The lowest BCUT2D eigenvalue weighted by atomic mass is 9.88. The number of hydrogen-bond donors (Lipinski definition) is 1. The minimum Gasteiger partial charge on any atom is -0.386 e. The molecule has 0 bridgehead atoms. The van der Waals surface area contributed by atoms with Crippen molar-refractivity contribution in [2.75, 3.05) is 6.54 Å². The molecule has 0 aliphatic carbocycles. The molecule has 0 fully saturated rings. The van der Waals surface area contributed by atoms with E-state index in [2.05, 4.69) is 19.3 Å². The third-order valence-corrected chi connectivity index (χ3v) is 10.6. The van der Waals surface area contributed by atoms with Crippen LogP contribution in [0, 0.1) is 17.1 Å². The van der Waals surface area contributed by atoms with Crippen molar-refractivity contribution in [3.8, 4) is 6.07 Å². The first-order chi connectivity index (χ1) is 15.9. The number of carbonyl (C=O) groups excluding carboxylic acids is 1. The largest absolute Gasteiger partial charge is 0.386 e. The highest BCUT2D eigenvalue weighted by molar-refractivity contribution is 7.96. The number of rotatable bonds is 4. The maximum atomic E-state index is 15.2. The third-order valence-electron chi connectivity index (χ3n) is 6.58. The molecule has 178 valence electrons. The van der Waals surface area contributed by atoms with Crippen molar-refractivity contribution in [2.45, 2.75) is 55.6 Å². The van der Waals surface area contributed by atoms with E-state index in [-0.39, 0.29) is 39.9 Å². The number of carbonyl (C=O) groups is 1.